The minimum Gasteiger partial charge on any atom is -0.507 e. The van der Waals surface area contributed by atoms with E-state index < -0.39 is 5.91 Å². The summed E-state index contributed by atoms with van der Waals surface area (Å²) in [5.74, 6) is -0.208. The van der Waals surface area contributed by atoms with Crippen LogP contribution in [-0.2, 0) is 0 Å². The molecule has 0 unspecified atom stereocenters. The van der Waals surface area contributed by atoms with Crippen molar-refractivity contribution in [3.05, 3.63) is 51.9 Å². The number of phenols is 1. The number of carbonyl (C=O) groups excluding carboxylic acids is 1. The molecule has 0 aliphatic rings. The van der Waals surface area contributed by atoms with E-state index in [1.165, 1.54) is 11.3 Å². The number of carbonyl (C=O) groups is 1. The van der Waals surface area contributed by atoms with Crippen LogP contribution in [0.5, 0.6) is 5.75 Å². The van der Waals surface area contributed by atoms with Crippen LogP contribution in [-0.4, -0.2) is 17.2 Å². The minimum atomic E-state index is -0.448. The molecule has 0 aliphatic heterocycles. The molecular weight excluding hydrogens is 288 g/mol. The minimum absolute atomic E-state index is 0.0925. The van der Waals surface area contributed by atoms with Crippen LogP contribution in [0.3, 0.4) is 0 Å². The van der Waals surface area contributed by atoms with Gasteiger partial charge in [-0.3, -0.25) is 4.79 Å². The number of phenolic OH excluding ortho intramolecular Hbond substituents is 1. The van der Waals surface area contributed by atoms with Gasteiger partial charge in [-0.2, -0.15) is 5.10 Å². The lowest BCUT2D eigenvalue weighted by Gasteiger charge is -1.96. The Labute approximate surface area is 124 Å². The van der Waals surface area contributed by atoms with Crippen molar-refractivity contribution < 1.29 is 14.3 Å². The maximum Gasteiger partial charge on any atom is 0.307 e. The molecule has 2 N–H and O–H groups in total. The molecule has 0 saturated carbocycles. The molecule has 0 aliphatic carbocycles. The number of hydrazone groups is 1. The molecule has 3 rings (SSSR count). The number of hydrogen-bond acceptors (Lipinski definition) is 5. The third-order valence-corrected chi connectivity index (χ3v) is 3.85. The van der Waals surface area contributed by atoms with E-state index >= 15 is 0 Å². The fourth-order valence-corrected chi connectivity index (χ4v) is 2.65. The number of thiophene rings is 1. The first kappa shape index (κ1) is 13.4. The normalized spacial score (nSPS) is 11.3. The topological polar surface area (TPSA) is 74.8 Å². The lowest BCUT2D eigenvalue weighted by Crippen LogP contribution is -2.17. The van der Waals surface area contributed by atoms with Crippen molar-refractivity contribution in [2.24, 2.45) is 5.10 Å². The number of benzene rings is 1. The zero-order valence-corrected chi connectivity index (χ0v) is 12.0. The Bertz CT molecular complexity index is 819. The van der Waals surface area contributed by atoms with Crippen LogP contribution < -0.4 is 5.43 Å². The zero-order valence-electron chi connectivity index (χ0n) is 11.2. The van der Waals surface area contributed by atoms with Gasteiger partial charge in [-0.05, 0) is 30.5 Å². The molecule has 5 nitrogen and oxygen atoms in total. The summed E-state index contributed by atoms with van der Waals surface area (Å²) in [5, 5.41) is 16.2. The van der Waals surface area contributed by atoms with Gasteiger partial charge < -0.3 is 9.52 Å². The van der Waals surface area contributed by atoms with Gasteiger partial charge in [0.15, 0.2) is 5.76 Å². The van der Waals surface area contributed by atoms with Crippen LogP contribution in [0.15, 0.2) is 45.2 Å². The number of nitrogens with one attached hydrogen (secondary N) is 1. The molecule has 2 aromatic heterocycles. The molecule has 21 heavy (non-hydrogen) atoms. The van der Waals surface area contributed by atoms with E-state index in [2.05, 4.69) is 10.5 Å². The Morgan fingerprint density at radius 3 is 2.95 bits per heavy atom. The molecule has 0 atom stereocenters. The second-order valence-corrected chi connectivity index (χ2v) is 5.40. The van der Waals surface area contributed by atoms with E-state index in [1.807, 2.05) is 17.5 Å². The number of hydrogen-bond donors (Lipinski definition) is 2. The summed E-state index contributed by atoms with van der Waals surface area (Å²) in [6.07, 6.45) is 1.57. The monoisotopic (exact) mass is 300 g/mol. The fourth-order valence-electron chi connectivity index (χ4n) is 2.07. The summed E-state index contributed by atoms with van der Waals surface area (Å²) >= 11 is 1.52. The van der Waals surface area contributed by atoms with Crippen molar-refractivity contribution in [1.82, 2.24) is 5.43 Å². The SMILES string of the molecule is Cc1c(C(=O)NN=Cc2cccs2)oc2cccc(O)c12. The van der Waals surface area contributed by atoms with Gasteiger partial charge in [-0.25, -0.2) is 5.43 Å². The number of aryl methyl sites for hydroxylation is 1. The Balaban J connectivity index is 1.85. The van der Waals surface area contributed by atoms with Crippen molar-refractivity contribution in [3.63, 3.8) is 0 Å². The first-order valence-corrected chi connectivity index (χ1v) is 7.13. The molecule has 1 aromatic carbocycles. The quantitative estimate of drug-likeness (QED) is 0.576. The van der Waals surface area contributed by atoms with Crippen LogP contribution in [0.1, 0.15) is 21.0 Å². The summed E-state index contributed by atoms with van der Waals surface area (Å²) in [6.45, 7) is 1.73. The van der Waals surface area contributed by atoms with Crippen LogP contribution in [0.25, 0.3) is 11.0 Å². The van der Waals surface area contributed by atoms with E-state index in [1.54, 1.807) is 31.3 Å². The lowest BCUT2D eigenvalue weighted by molar-refractivity contribution is 0.0929. The van der Waals surface area contributed by atoms with Crippen molar-refractivity contribution in [2.45, 2.75) is 6.92 Å². The number of nitrogens with zero attached hydrogens (tertiary/aromatic N) is 1. The zero-order chi connectivity index (χ0) is 14.8. The first-order valence-electron chi connectivity index (χ1n) is 6.25. The van der Waals surface area contributed by atoms with E-state index in [0.717, 1.165) is 4.88 Å². The van der Waals surface area contributed by atoms with Gasteiger partial charge in [-0.1, -0.05) is 12.1 Å². The molecule has 1 amide bonds. The van der Waals surface area contributed by atoms with Crippen molar-refractivity contribution in [2.75, 3.05) is 0 Å². The van der Waals surface area contributed by atoms with Gasteiger partial charge in [-0.15, -0.1) is 11.3 Å². The van der Waals surface area contributed by atoms with Gasteiger partial charge in [0, 0.05) is 10.4 Å². The molecular formula is C15H12N2O3S. The summed E-state index contributed by atoms with van der Waals surface area (Å²) in [5.41, 5.74) is 3.48. The number of amides is 1. The highest BCUT2D eigenvalue weighted by atomic mass is 32.1. The van der Waals surface area contributed by atoms with Crippen molar-refractivity contribution in [1.29, 1.82) is 0 Å². The van der Waals surface area contributed by atoms with Crippen LogP contribution in [0.4, 0.5) is 0 Å². The molecule has 2 heterocycles. The Hall–Kier alpha value is -2.60. The molecule has 0 saturated heterocycles. The molecule has 106 valence electrons. The van der Waals surface area contributed by atoms with Gasteiger partial charge in [0.05, 0.1) is 11.6 Å². The van der Waals surface area contributed by atoms with Crippen molar-refractivity contribution in [3.8, 4) is 5.75 Å². The molecule has 0 bridgehead atoms. The maximum absolute atomic E-state index is 12.1. The number of rotatable bonds is 3. The Morgan fingerprint density at radius 2 is 2.24 bits per heavy atom. The largest absolute Gasteiger partial charge is 0.507 e. The van der Waals surface area contributed by atoms with Gasteiger partial charge >= 0.3 is 5.91 Å². The number of furan rings is 1. The second kappa shape index (κ2) is 5.41. The average Bonchev–Trinajstić information content (AvgIpc) is 3.08. The van der Waals surface area contributed by atoms with Crippen molar-refractivity contribution >= 4 is 34.4 Å². The van der Waals surface area contributed by atoms with E-state index in [0.29, 0.717) is 16.5 Å². The van der Waals surface area contributed by atoms with Gasteiger partial charge in [0.2, 0.25) is 0 Å². The third kappa shape index (κ3) is 2.53. The van der Waals surface area contributed by atoms with E-state index in [4.69, 9.17) is 4.42 Å². The van der Waals surface area contributed by atoms with E-state index in [9.17, 15) is 9.90 Å². The average molecular weight is 300 g/mol. The summed E-state index contributed by atoms with van der Waals surface area (Å²) in [4.78, 5) is 13.0. The van der Waals surface area contributed by atoms with Crippen LogP contribution in [0, 0.1) is 6.92 Å². The first-order chi connectivity index (χ1) is 10.2. The number of fused-ring (bicyclic) bond motifs is 1. The predicted molar refractivity (Wildman–Crippen MR) is 82.0 cm³/mol. The highest BCUT2D eigenvalue weighted by Crippen LogP contribution is 2.32. The van der Waals surface area contributed by atoms with Crippen LogP contribution >= 0.6 is 11.3 Å². The maximum atomic E-state index is 12.1. The molecule has 0 fully saturated rings. The van der Waals surface area contributed by atoms with E-state index in [-0.39, 0.29) is 11.5 Å². The lowest BCUT2D eigenvalue weighted by atomic mass is 10.1. The van der Waals surface area contributed by atoms with Crippen LogP contribution in [0.2, 0.25) is 0 Å². The molecule has 3 aromatic rings. The molecule has 6 heteroatoms. The predicted octanol–water partition coefficient (Wildman–Crippen LogP) is 3.27. The summed E-state index contributed by atoms with van der Waals surface area (Å²) in [7, 11) is 0. The second-order valence-electron chi connectivity index (χ2n) is 4.42. The number of aromatic hydroxyl groups is 1. The Morgan fingerprint density at radius 1 is 1.38 bits per heavy atom. The molecule has 0 spiro atoms. The highest BCUT2D eigenvalue weighted by molar-refractivity contribution is 7.11. The van der Waals surface area contributed by atoms with Gasteiger partial charge in [0.25, 0.3) is 0 Å². The molecule has 0 radical (unpaired) electrons. The Kier molecular flexibility index (Phi) is 3.45. The summed E-state index contributed by atoms with van der Waals surface area (Å²) < 4.78 is 5.49. The highest BCUT2D eigenvalue weighted by Gasteiger charge is 2.19. The summed E-state index contributed by atoms with van der Waals surface area (Å²) in [6, 6.07) is 8.72. The smallest absolute Gasteiger partial charge is 0.307 e. The van der Waals surface area contributed by atoms with Gasteiger partial charge in [0.1, 0.15) is 11.3 Å². The standard InChI is InChI=1S/C15H12N2O3S/c1-9-13-11(18)5-2-6-12(13)20-14(9)15(19)17-16-8-10-4-3-7-21-10/h2-8,18H,1H3,(H,17,19). The third-order valence-electron chi connectivity index (χ3n) is 3.04. The fraction of sp³-hybridized carbons (Fsp3) is 0.0667.